The zero-order chi connectivity index (χ0) is 19.9. The molecule has 0 radical (unpaired) electrons. The number of hydrogen-bond donors (Lipinski definition) is 2. The number of nitrogens with zero attached hydrogens (tertiary/aromatic N) is 3. The van der Waals surface area contributed by atoms with Crippen molar-refractivity contribution in [3.63, 3.8) is 0 Å². The van der Waals surface area contributed by atoms with Crippen LogP contribution in [0.4, 0.5) is 4.79 Å². The second kappa shape index (κ2) is 9.47. The van der Waals surface area contributed by atoms with E-state index in [1.807, 2.05) is 42.6 Å². The Morgan fingerprint density at radius 3 is 2.75 bits per heavy atom. The van der Waals surface area contributed by atoms with E-state index in [9.17, 15) is 9.59 Å². The average molecular weight is 418 g/mol. The average Bonchev–Trinajstić information content (AvgIpc) is 3.29. The van der Waals surface area contributed by atoms with Crippen molar-refractivity contribution in [2.75, 3.05) is 0 Å². The SMILES string of the molecule is Cc1nc(Cc2nnc(S[C@H](C)C(=O)NC(=O)NCc3ccccc3)o2)cs1. The van der Waals surface area contributed by atoms with E-state index < -0.39 is 17.2 Å². The first-order valence-corrected chi connectivity index (χ1v) is 10.3. The minimum atomic E-state index is -0.572. The Morgan fingerprint density at radius 2 is 2.04 bits per heavy atom. The van der Waals surface area contributed by atoms with Crippen LogP contribution in [-0.4, -0.2) is 32.4 Å². The molecule has 2 aromatic heterocycles. The van der Waals surface area contributed by atoms with E-state index in [2.05, 4.69) is 25.8 Å². The first-order chi connectivity index (χ1) is 13.5. The number of thiazole rings is 1. The van der Waals surface area contributed by atoms with Gasteiger partial charge in [-0.2, -0.15) is 0 Å². The highest BCUT2D eigenvalue weighted by Gasteiger charge is 2.20. The van der Waals surface area contributed by atoms with Gasteiger partial charge in [-0.1, -0.05) is 42.1 Å². The van der Waals surface area contributed by atoms with Gasteiger partial charge in [0.25, 0.3) is 5.22 Å². The van der Waals surface area contributed by atoms with Gasteiger partial charge in [0, 0.05) is 11.9 Å². The lowest BCUT2D eigenvalue weighted by Crippen LogP contribution is -2.42. The largest absolute Gasteiger partial charge is 0.416 e. The second-order valence-corrected chi connectivity index (χ2v) is 8.27. The summed E-state index contributed by atoms with van der Waals surface area (Å²) in [5.74, 6) is -0.00792. The highest BCUT2D eigenvalue weighted by molar-refractivity contribution is 8.00. The lowest BCUT2D eigenvalue weighted by molar-refractivity contribution is -0.119. The molecule has 1 aromatic carbocycles. The molecule has 2 N–H and O–H groups in total. The first kappa shape index (κ1) is 20.0. The van der Waals surface area contributed by atoms with Crippen LogP contribution < -0.4 is 10.6 Å². The molecule has 3 aromatic rings. The van der Waals surface area contributed by atoms with Gasteiger partial charge in [-0.3, -0.25) is 10.1 Å². The van der Waals surface area contributed by atoms with Crippen molar-refractivity contribution in [3.05, 3.63) is 57.9 Å². The minimum Gasteiger partial charge on any atom is -0.416 e. The number of hydrogen-bond acceptors (Lipinski definition) is 8. The summed E-state index contributed by atoms with van der Waals surface area (Å²) < 4.78 is 5.55. The highest BCUT2D eigenvalue weighted by atomic mass is 32.2. The molecule has 3 amide bonds. The van der Waals surface area contributed by atoms with Gasteiger partial charge in [-0.15, -0.1) is 21.5 Å². The third-order valence-corrected chi connectivity index (χ3v) is 5.38. The molecule has 0 aliphatic heterocycles. The molecular formula is C18H19N5O3S2. The Labute approximate surface area is 170 Å². The van der Waals surface area contributed by atoms with Crippen LogP contribution in [0.15, 0.2) is 45.4 Å². The summed E-state index contributed by atoms with van der Waals surface area (Å²) in [6.07, 6.45) is 0.445. The molecule has 0 spiro atoms. The van der Waals surface area contributed by atoms with Gasteiger partial charge in [0.2, 0.25) is 11.8 Å². The van der Waals surface area contributed by atoms with Gasteiger partial charge in [0.15, 0.2) is 0 Å². The summed E-state index contributed by atoms with van der Waals surface area (Å²) in [6, 6.07) is 8.89. The zero-order valence-electron chi connectivity index (χ0n) is 15.3. The number of imide groups is 1. The lowest BCUT2D eigenvalue weighted by Gasteiger charge is -2.10. The quantitative estimate of drug-likeness (QED) is 0.569. The van der Waals surface area contributed by atoms with Crippen molar-refractivity contribution in [1.82, 2.24) is 25.8 Å². The standard InChI is InChI=1S/C18H19N5O3S2/c1-11(16(24)21-17(25)19-9-13-6-4-3-5-7-13)28-18-23-22-15(26-18)8-14-10-27-12(2)20-14/h3-7,10-11H,8-9H2,1-2H3,(H2,19,21,24,25)/t11-/m1/s1. The van der Waals surface area contributed by atoms with Crippen molar-refractivity contribution in [2.45, 2.75) is 37.3 Å². The molecule has 3 rings (SSSR count). The Kier molecular flexibility index (Phi) is 6.77. The van der Waals surface area contributed by atoms with E-state index in [0.717, 1.165) is 28.0 Å². The smallest absolute Gasteiger partial charge is 0.321 e. The normalized spacial score (nSPS) is 11.8. The summed E-state index contributed by atoms with van der Waals surface area (Å²) in [5.41, 5.74) is 1.81. The predicted octanol–water partition coefficient (Wildman–Crippen LogP) is 2.93. The fourth-order valence-corrected chi connectivity index (χ4v) is 3.56. The van der Waals surface area contributed by atoms with Gasteiger partial charge in [0.05, 0.1) is 22.4 Å². The zero-order valence-corrected chi connectivity index (χ0v) is 17.0. The van der Waals surface area contributed by atoms with Crippen LogP contribution in [0.2, 0.25) is 0 Å². The first-order valence-electron chi connectivity index (χ1n) is 8.52. The molecule has 1 atom stereocenters. The third kappa shape index (κ3) is 5.89. The molecule has 0 aliphatic rings. The fraction of sp³-hybridized carbons (Fsp3) is 0.278. The summed E-state index contributed by atoms with van der Waals surface area (Å²) in [6.45, 7) is 3.93. The maximum absolute atomic E-state index is 12.2. The number of rotatable bonds is 7. The van der Waals surface area contributed by atoms with Gasteiger partial charge in [-0.05, 0) is 19.4 Å². The molecule has 28 heavy (non-hydrogen) atoms. The van der Waals surface area contributed by atoms with Crippen molar-refractivity contribution >= 4 is 35.0 Å². The number of urea groups is 1. The van der Waals surface area contributed by atoms with Crippen LogP contribution in [0.25, 0.3) is 0 Å². The molecule has 146 valence electrons. The van der Waals surface area contributed by atoms with Gasteiger partial charge >= 0.3 is 6.03 Å². The van der Waals surface area contributed by atoms with Crippen molar-refractivity contribution in [2.24, 2.45) is 0 Å². The number of aromatic nitrogens is 3. The Bertz CT molecular complexity index is 942. The number of amides is 3. The second-order valence-electron chi connectivity index (χ2n) is 5.91. The predicted molar refractivity (Wildman–Crippen MR) is 106 cm³/mol. The summed E-state index contributed by atoms with van der Waals surface area (Å²) in [5, 5.41) is 15.5. The lowest BCUT2D eigenvalue weighted by atomic mass is 10.2. The number of thioether (sulfide) groups is 1. The van der Waals surface area contributed by atoms with Crippen molar-refractivity contribution in [3.8, 4) is 0 Å². The molecule has 0 saturated heterocycles. The Morgan fingerprint density at radius 1 is 1.25 bits per heavy atom. The number of carbonyl (C=O) groups is 2. The van der Waals surface area contributed by atoms with E-state index in [-0.39, 0.29) is 5.22 Å². The molecule has 2 heterocycles. The molecule has 0 bridgehead atoms. The van der Waals surface area contributed by atoms with E-state index >= 15 is 0 Å². The minimum absolute atomic E-state index is 0.272. The van der Waals surface area contributed by atoms with E-state index in [4.69, 9.17) is 4.42 Å². The number of carbonyl (C=O) groups excluding carboxylic acids is 2. The van der Waals surface area contributed by atoms with Gasteiger partial charge in [0.1, 0.15) is 0 Å². The number of nitrogens with one attached hydrogen (secondary N) is 2. The van der Waals surface area contributed by atoms with E-state index in [1.54, 1.807) is 18.3 Å². The van der Waals surface area contributed by atoms with Crippen LogP contribution in [0.1, 0.15) is 29.1 Å². The molecule has 8 nitrogen and oxygen atoms in total. The fourth-order valence-electron chi connectivity index (χ4n) is 2.24. The third-order valence-electron chi connectivity index (χ3n) is 3.63. The molecule has 0 saturated carbocycles. The number of aryl methyl sites for hydroxylation is 1. The molecule has 10 heteroatoms. The maximum atomic E-state index is 12.2. The topological polar surface area (TPSA) is 110 Å². The van der Waals surface area contributed by atoms with Crippen LogP contribution in [-0.2, 0) is 17.8 Å². The van der Waals surface area contributed by atoms with Crippen LogP contribution >= 0.6 is 23.1 Å². The summed E-state index contributed by atoms with van der Waals surface area (Å²) >= 11 is 2.65. The van der Waals surface area contributed by atoms with Crippen LogP contribution in [0.5, 0.6) is 0 Å². The van der Waals surface area contributed by atoms with E-state index in [0.29, 0.717) is 18.9 Å². The van der Waals surface area contributed by atoms with E-state index in [1.165, 1.54) is 0 Å². The monoisotopic (exact) mass is 417 g/mol. The molecule has 0 fully saturated rings. The molecule has 0 aliphatic carbocycles. The molecular weight excluding hydrogens is 398 g/mol. The van der Waals surface area contributed by atoms with Gasteiger partial charge < -0.3 is 9.73 Å². The summed E-state index contributed by atoms with van der Waals surface area (Å²) in [7, 11) is 0. The van der Waals surface area contributed by atoms with Crippen molar-refractivity contribution in [1.29, 1.82) is 0 Å². The maximum Gasteiger partial charge on any atom is 0.321 e. The highest BCUT2D eigenvalue weighted by Crippen LogP contribution is 2.23. The summed E-state index contributed by atoms with van der Waals surface area (Å²) in [4.78, 5) is 28.4. The van der Waals surface area contributed by atoms with Gasteiger partial charge in [-0.25, -0.2) is 9.78 Å². The van der Waals surface area contributed by atoms with Crippen LogP contribution in [0, 0.1) is 6.92 Å². The Balaban J connectivity index is 1.45. The number of benzene rings is 1. The van der Waals surface area contributed by atoms with Crippen LogP contribution in [0.3, 0.4) is 0 Å². The Hall–Kier alpha value is -2.72. The molecule has 0 unspecified atom stereocenters. The van der Waals surface area contributed by atoms with Crippen molar-refractivity contribution < 1.29 is 14.0 Å².